The largest absolute Gasteiger partial charge is 0.383 e. The zero-order valence-electron chi connectivity index (χ0n) is 9.37. The van der Waals surface area contributed by atoms with E-state index in [1.165, 1.54) is 0 Å². The van der Waals surface area contributed by atoms with Crippen LogP contribution in [0.15, 0.2) is 0 Å². The number of halogens is 1. The molecule has 1 aliphatic rings. The van der Waals surface area contributed by atoms with Crippen LogP contribution in [0.2, 0.25) is 0 Å². The van der Waals surface area contributed by atoms with Gasteiger partial charge in [0.25, 0.3) is 0 Å². The van der Waals surface area contributed by atoms with Crippen molar-refractivity contribution in [3.63, 3.8) is 0 Å². The maximum Gasteiger partial charge on any atom is 0.140 e. The second-order valence-electron chi connectivity index (χ2n) is 4.00. The van der Waals surface area contributed by atoms with Gasteiger partial charge in [0.05, 0.1) is 15.9 Å². The molecular weight excluding hydrogens is 317 g/mol. The maximum atomic E-state index is 5.90. The van der Waals surface area contributed by atoms with Gasteiger partial charge in [0, 0.05) is 12.5 Å². The number of nitrogens with zero attached hydrogens (tertiary/aromatic N) is 2. The molecule has 1 saturated heterocycles. The quantitative estimate of drug-likeness (QED) is 0.843. The average Bonchev–Trinajstić information content (AvgIpc) is 2.33. The molecule has 0 saturated carbocycles. The summed E-state index contributed by atoms with van der Waals surface area (Å²) < 4.78 is 6.44. The van der Waals surface area contributed by atoms with Crippen molar-refractivity contribution in [2.45, 2.75) is 32.1 Å². The van der Waals surface area contributed by atoms with Gasteiger partial charge < -0.3 is 10.5 Å². The van der Waals surface area contributed by atoms with E-state index >= 15 is 0 Å². The fraction of sp³-hybridized carbons (Fsp3) is 0.636. The van der Waals surface area contributed by atoms with Crippen LogP contribution >= 0.6 is 22.6 Å². The third-order valence-electron chi connectivity index (χ3n) is 2.82. The Morgan fingerprint density at radius 3 is 2.94 bits per heavy atom. The van der Waals surface area contributed by atoms with Crippen LogP contribution in [0.4, 0.5) is 5.82 Å². The molecule has 5 heteroatoms. The first-order chi connectivity index (χ1) is 7.72. The van der Waals surface area contributed by atoms with Crippen LogP contribution in [0.1, 0.15) is 37.2 Å². The normalized spacial score (nSPS) is 21.0. The number of ether oxygens (including phenoxy) is 1. The third-order valence-corrected chi connectivity index (χ3v) is 4.00. The summed E-state index contributed by atoms with van der Waals surface area (Å²) in [4.78, 5) is 8.98. The van der Waals surface area contributed by atoms with Gasteiger partial charge in [-0.15, -0.1) is 0 Å². The van der Waals surface area contributed by atoms with Crippen LogP contribution in [0.25, 0.3) is 0 Å². The predicted octanol–water partition coefficient (Wildman–Crippen LogP) is 2.12. The molecule has 0 radical (unpaired) electrons. The van der Waals surface area contributed by atoms with Gasteiger partial charge >= 0.3 is 0 Å². The summed E-state index contributed by atoms with van der Waals surface area (Å²) in [6, 6.07) is 0. The van der Waals surface area contributed by atoms with Crippen LogP contribution in [-0.4, -0.2) is 23.2 Å². The Bertz CT molecular complexity index is 378. The molecule has 16 heavy (non-hydrogen) atoms. The van der Waals surface area contributed by atoms with Gasteiger partial charge in [-0.2, -0.15) is 0 Å². The van der Waals surface area contributed by atoms with Crippen molar-refractivity contribution < 1.29 is 4.74 Å². The topological polar surface area (TPSA) is 61.0 Å². The number of nitrogens with two attached hydrogens (primary N) is 1. The average molecular weight is 333 g/mol. The molecule has 1 aromatic rings. The second-order valence-corrected chi connectivity index (χ2v) is 5.07. The fourth-order valence-electron chi connectivity index (χ4n) is 1.89. The molecule has 0 aliphatic carbocycles. The lowest BCUT2D eigenvalue weighted by molar-refractivity contribution is 0.0780. The molecule has 1 aliphatic heterocycles. The van der Waals surface area contributed by atoms with E-state index in [2.05, 4.69) is 39.5 Å². The lowest BCUT2D eigenvalue weighted by Gasteiger charge is -2.21. The van der Waals surface area contributed by atoms with E-state index < -0.39 is 0 Å². The monoisotopic (exact) mass is 333 g/mol. The number of aryl methyl sites for hydroxylation is 1. The first-order valence-electron chi connectivity index (χ1n) is 5.62. The van der Waals surface area contributed by atoms with Gasteiger partial charge in [-0.25, -0.2) is 9.97 Å². The summed E-state index contributed by atoms with van der Waals surface area (Å²) in [7, 11) is 0. The SMILES string of the molecule is CCc1nc(C2CCCOC2)nc(N)c1I. The number of anilines is 1. The summed E-state index contributed by atoms with van der Waals surface area (Å²) >= 11 is 2.21. The Morgan fingerprint density at radius 1 is 1.50 bits per heavy atom. The van der Waals surface area contributed by atoms with E-state index in [9.17, 15) is 0 Å². The molecule has 0 bridgehead atoms. The van der Waals surface area contributed by atoms with E-state index in [0.717, 1.165) is 47.6 Å². The van der Waals surface area contributed by atoms with Crippen LogP contribution in [0, 0.1) is 3.57 Å². The molecule has 0 spiro atoms. The highest BCUT2D eigenvalue weighted by atomic mass is 127. The van der Waals surface area contributed by atoms with E-state index in [1.54, 1.807) is 0 Å². The van der Waals surface area contributed by atoms with E-state index in [-0.39, 0.29) is 0 Å². The Balaban J connectivity index is 2.29. The van der Waals surface area contributed by atoms with Crippen molar-refractivity contribution in [2.24, 2.45) is 0 Å². The standard InChI is InChI=1S/C11H16IN3O/c1-2-8-9(12)10(13)15-11(14-8)7-4-3-5-16-6-7/h7H,2-6H2,1H3,(H2,13,14,15). The smallest absolute Gasteiger partial charge is 0.140 e. The molecule has 0 aromatic carbocycles. The first kappa shape index (κ1) is 12.0. The minimum absolute atomic E-state index is 0.318. The fourth-order valence-corrected chi connectivity index (χ4v) is 2.52. The molecule has 2 heterocycles. The molecule has 1 atom stereocenters. The van der Waals surface area contributed by atoms with Crippen molar-refractivity contribution in [1.82, 2.24) is 9.97 Å². The molecule has 88 valence electrons. The minimum atomic E-state index is 0.318. The minimum Gasteiger partial charge on any atom is -0.383 e. The predicted molar refractivity (Wildman–Crippen MR) is 71.3 cm³/mol. The van der Waals surface area contributed by atoms with Gasteiger partial charge in [0.1, 0.15) is 11.6 Å². The van der Waals surface area contributed by atoms with Crippen LogP contribution < -0.4 is 5.73 Å². The maximum absolute atomic E-state index is 5.90. The van der Waals surface area contributed by atoms with Gasteiger partial charge in [0.15, 0.2) is 0 Å². The highest BCUT2D eigenvalue weighted by Crippen LogP contribution is 2.25. The number of rotatable bonds is 2. The lowest BCUT2D eigenvalue weighted by Crippen LogP contribution is -2.19. The summed E-state index contributed by atoms with van der Waals surface area (Å²) in [6.45, 7) is 3.67. The Morgan fingerprint density at radius 2 is 2.31 bits per heavy atom. The molecule has 2 N–H and O–H groups in total. The van der Waals surface area contributed by atoms with Gasteiger partial charge in [-0.1, -0.05) is 6.92 Å². The Hall–Kier alpha value is -0.430. The molecule has 1 aromatic heterocycles. The van der Waals surface area contributed by atoms with Crippen molar-refractivity contribution in [2.75, 3.05) is 18.9 Å². The summed E-state index contributed by atoms with van der Waals surface area (Å²) in [5, 5.41) is 0. The highest BCUT2D eigenvalue weighted by molar-refractivity contribution is 14.1. The zero-order chi connectivity index (χ0) is 11.5. The van der Waals surface area contributed by atoms with E-state index in [0.29, 0.717) is 11.7 Å². The molecule has 2 rings (SSSR count). The summed E-state index contributed by atoms with van der Waals surface area (Å²) in [5.41, 5.74) is 6.95. The van der Waals surface area contributed by atoms with Crippen molar-refractivity contribution in [3.05, 3.63) is 15.1 Å². The second kappa shape index (κ2) is 5.27. The first-order valence-corrected chi connectivity index (χ1v) is 6.69. The molecule has 1 unspecified atom stereocenters. The highest BCUT2D eigenvalue weighted by Gasteiger charge is 2.20. The van der Waals surface area contributed by atoms with Gasteiger partial charge in [0.2, 0.25) is 0 Å². The number of aromatic nitrogens is 2. The number of hydrogen-bond acceptors (Lipinski definition) is 4. The molecular formula is C11H16IN3O. The van der Waals surface area contributed by atoms with Gasteiger partial charge in [-0.3, -0.25) is 0 Å². The summed E-state index contributed by atoms with van der Waals surface area (Å²) in [5.74, 6) is 1.78. The van der Waals surface area contributed by atoms with Crippen molar-refractivity contribution >= 4 is 28.4 Å². The third kappa shape index (κ3) is 2.45. The number of nitrogen functional groups attached to an aromatic ring is 1. The zero-order valence-corrected chi connectivity index (χ0v) is 11.5. The van der Waals surface area contributed by atoms with Crippen LogP contribution in [-0.2, 0) is 11.2 Å². The Kier molecular flexibility index (Phi) is 3.96. The van der Waals surface area contributed by atoms with Crippen molar-refractivity contribution in [3.8, 4) is 0 Å². The molecule has 0 amide bonds. The molecule has 1 fully saturated rings. The van der Waals surface area contributed by atoms with Crippen LogP contribution in [0.5, 0.6) is 0 Å². The van der Waals surface area contributed by atoms with Crippen molar-refractivity contribution in [1.29, 1.82) is 0 Å². The Labute approximate surface area is 109 Å². The van der Waals surface area contributed by atoms with E-state index in [1.807, 2.05) is 0 Å². The lowest BCUT2D eigenvalue weighted by atomic mass is 10.0. The van der Waals surface area contributed by atoms with E-state index in [4.69, 9.17) is 10.5 Å². The molecule has 4 nitrogen and oxygen atoms in total. The summed E-state index contributed by atoms with van der Waals surface area (Å²) in [6.07, 6.45) is 3.08. The number of hydrogen-bond donors (Lipinski definition) is 1. The van der Waals surface area contributed by atoms with Gasteiger partial charge in [-0.05, 0) is 41.9 Å². The van der Waals surface area contributed by atoms with Crippen LogP contribution in [0.3, 0.4) is 0 Å².